The van der Waals surface area contributed by atoms with Crippen LogP contribution >= 0.6 is 0 Å². The zero-order chi connectivity index (χ0) is 21.3. The number of para-hydroxylation sites is 3. The highest BCUT2D eigenvalue weighted by molar-refractivity contribution is 6.91. The van der Waals surface area contributed by atoms with Crippen LogP contribution < -0.4 is 10.9 Å². The number of nitrogens with zero attached hydrogens (tertiary/aromatic N) is 1. The van der Waals surface area contributed by atoms with Crippen molar-refractivity contribution in [3.63, 3.8) is 0 Å². The molecule has 0 atom stereocenters. The van der Waals surface area contributed by atoms with Crippen LogP contribution in [0.2, 0.25) is 0 Å². The van der Waals surface area contributed by atoms with Crippen LogP contribution in [0.1, 0.15) is 0 Å². The Balaban J connectivity index is 1.51. The molecule has 0 saturated heterocycles. The van der Waals surface area contributed by atoms with Crippen molar-refractivity contribution in [3.05, 3.63) is 97.1 Å². The molecule has 2 aliphatic heterocycles. The molecule has 150 valence electrons. The molecule has 33 heavy (non-hydrogen) atoms. The summed E-state index contributed by atoms with van der Waals surface area (Å²) < 4.78 is 8.90. The highest BCUT2D eigenvalue weighted by Crippen LogP contribution is 2.43. The van der Waals surface area contributed by atoms with E-state index < -0.39 is 0 Å². The van der Waals surface area contributed by atoms with Gasteiger partial charge < -0.3 is 8.90 Å². The Morgan fingerprint density at radius 2 is 1.27 bits per heavy atom. The van der Waals surface area contributed by atoms with Crippen molar-refractivity contribution in [2.45, 2.75) is 0 Å². The molecule has 0 radical (unpaired) electrons. The van der Waals surface area contributed by atoms with E-state index in [2.05, 4.69) is 95.5 Å². The van der Waals surface area contributed by atoms with Crippen LogP contribution in [0.5, 0.6) is 0 Å². The third kappa shape index (κ3) is 1.78. The summed E-state index contributed by atoms with van der Waals surface area (Å²) in [7, 11) is 0. The lowest BCUT2D eigenvalue weighted by atomic mass is 9.50. The fourth-order valence-electron chi connectivity index (χ4n) is 6.54. The largest absolute Gasteiger partial charge is 0.456 e. The van der Waals surface area contributed by atoms with E-state index in [1.807, 2.05) is 6.07 Å². The molecule has 2 aromatic heterocycles. The van der Waals surface area contributed by atoms with Crippen molar-refractivity contribution in [2.75, 3.05) is 0 Å². The average Bonchev–Trinajstić information content (AvgIpc) is 3.50. The molecule has 0 bridgehead atoms. The fraction of sp³-hybridized carbons (Fsp3) is 0. The van der Waals surface area contributed by atoms with E-state index in [0.717, 1.165) is 11.2 Å². The van der Waals surface area contributed by atoms with Gasteiger partial charge in [-0.2, -0.15) is 0 Å². The maximum Gasteiger partial charge on any atom is 0.330 e. The summed E-state index contributed by atoms with van der Waals surface area (Å²) in [5, 5.41) is 5.03. The van der Waals surface area contributed by atoms with Crippen LogP contribution in [-0.2, 0) is 0 Å². The van der Waals surface area contributed by atoms with Crippen molar-refractivity contribution in [1.82, 2.24) is 4.48 Å². The van der Waals surface area contributed by atoms with Crippen molar-refractivity contribution in [3.8, 4) is 22.3 Å². The number of fused-ring (bicyclic) bond motifs is 11. The minimum absolute atomic E-state index is 0.154. The highest BCUT2D eigenvalue weighted by atomic mass is 16.3. The molecule has 2 aliphatic rings. The summed E-state index contributed by atoms with van der Waals surface area (Å²) >= 11 is 0. The lowest BCUT2D eigenvalue weighted by Gasteiger charge is -2.25. The van der Waals surface area contributed by atoms with Gasteiger partial charge in [-0.3, -0.25) is 0 Å². The molecular formula is C30H16BNO. The predicted molar refractivity (Wildman–Crippen MR) is 138 cm³/mol. The van der Waals surface area contributed by atoms with Crippen LogP contribution in [0.25, 0.3) is 66.0 Å². The van der Waals surface area contributed by atoms with Gasteiger partial charge in [-0.15, -0.1) is 0 Å². The first-order valence-corrected chi connectivity index (χ1v) is 11.5. The average molecular weight is 417 g/mol. The summed E-state index contributed by atoms with van der Waals surface area (Å²) in [4.78, 5) is 0. The SMILES string of the molecule is c1cc2c3c(c1)-c1cccc4c5ccccc5n(c14)B3c1cc3oc4ccccc4c3cc1-2. The molecule has 0 spiro atoms. The van der Waals surface area contributed by atoms with Gasteiger partial charge in [0.15, 0.2) is 0 Å². The van der Waals surface area contributed by atoms with Gasteiger partial charge >= 0.3 is 6.85 Å². The molecule has 5 aromatic carbocycles. The van der Waals surface area contributed by atoms with Gasteiger partial charge in [0.1, 0.15) is 11.2 Å². The van der Waals surface area contributed by atoms with Gasteiger partial charge in [-0.25, -0.2) is 0 Å². The van der Waals surface area contributed by atoms with E-state index >= 15 is 0 Å². The normalized spacial score (nSPS) is 13.4. The molecule has 0 amide bonds. The predicted octanol–water partition coefficient (Wildman–Crippen LogP) is 6.31. The Hall–Kier alpha value is -4.24. The second kappa shape index (κ2) is 5.39. The number of furan rings is 1. The second-order valence-electron chi connectivity index (χ2n) is 9.29. The molecule has 2 nitrogen and oxygen atoms in total. The molecule has 0 aliphatic carbocycles. The lowest BCUT2D eigenvalue weighted by molar-refractivity contribution is 0.669. The van der Waals surface area contributed by atoms with Crippen LogP contribution in [0.4, 0.5) is 0 Å². The molecule has 0 saturated carbocycles. The fourth-order valence-corrected chi connectivity index (χ4v) is 6.54. The first-order valence-electron chi connectivity index (χ1n) is 11.5. The number of aromatic nitrogens is 1. The standard InChI is InChI=1S/C30H16BNO/c1-3-13-26-17(7-1)21-11-6-12-22-19-9-5-10-20-23-15-24-18-8-2-4-14-27(18)33-28(24)16-25(23)31(29(19)20)32(26)30(21)22/h1-16H. The molecule has 7 aromatic rings. The molecule has 3 heteroatoms. The third-order valence-corrected chi connectivity index (χ3v) is 7.79. The summed E-state index contributed by atoms with van der Waals surface area (Å²) in [6.07, 6.45) is 0. The van der Waals surface area contributed by atoms with E-state index in [9.17, 15) is 0 Å². The van der Waals surface area contributed by atoms with Crippen LogP contribution in [0, 0.1) is 0 Å². The van der Waals surface area contributed by atoms with Crippen LogP contribution in [0.15, 0.2) is 101 Å². The highest BCUT2D eigenvalue weighted by Gasteiger charge is 2.41. The zero-order valence-electron chi connectivity index (χ0n) is 17.7. The smallest absolute Gasteiger partial charge is 0.330 e. The molecule has 0 unspecified atom stereocenters. The van der Waals surface area contributed by atoms with Gasteiger partial charge in [-0.05, 0) is 51.9 Å². The molecular weight excluding hydrogens is 401 g/mol. The Bertz CT molecular complexity index is 1990. The van der Waals surface area contributed by atoms with Gasteiger partial charge in [0, 0.05) is 38.1 Å². The van der Waals surface area contributed by atoms with E-state index in [4.69, 9.17) is 4.42 Å². The quantitative estimate of drug-likeness (QED) is 0.265. The van der Waals surface area contributed by atoms with Crippen molar-refractivity contribution < 1.29 is 4.42 Å². The number of hydrogen-bond donors (Lipinski definition) is 0. The van der Waals surface area contributed by atoms with Crippen molar-refractivity contribution in [1.29, 1.82) is 0 Å². The summed E-state index contributed by atoms with van der Waals surface area (Å²) in [6, 6.07) is 35.4. The maximum absolute atomic E-state index is 6.32. The monoisotopic (exact) mass is 417 g/mol. The van der Waals surface area contributed by atoms with Gasteiger partial charge in [0.25, 0.3) is 0 Å². The van der Waals surface area contributed by atoms with E-state index in [0.29, 0.717) is 0 Å². The van der Waals surface area contributed by atoms with Crippen molar-refractivity contribution in [2.24, 2.45) is 0 Å². The number of benzene rings is 5. The Morgan fingerprint density at radius 1 is 0.545 bits per heavy atom. The van der Waals surface area contributed by atoms with Gasteiger partial charge in [0.05, 0.1) is 0 Å². The minimum Gasteiger partial charge on any atom is -0.456 e. The Labute approximate surface area is 189 Å². The molecule has 9 rings (SSSR count). The Morgan fingerprint density at radius 3 is 2.21 bits per heavy atom. The first-order chi connectivity index (χ1) is 16.4. The first kappa shape index (κ1) is 16.4. The summed E-state index contributed by atoms with van der Waals surface area (Å²) in [5.74, 6) is 0. The second-order valence-corrected chi connectivity index (χ2v) is 9.29. The molecule has 4 heterocycles. The number of hydrogen-bond acceptors (Lipinski definition) is 1. The number of rotatable bonds is 0. The maximum atomic E-state index is 6.32. The lowest BCUT2D eigenvalue weighted by Crippen LogP contribution is -2.47. The molecule has 0 fully saturated rings. The Kier molecular flexibility index (Phi) is 2.68. The summed E-state index contributed by atoms with van der Waals surface area (Å²) in [6.45, 7) is 0.154. The summed E-state index contributed by atoms with van der Waals surface area (Å²) in [5.41, 5.74) is 12.7. The molecule has 0 N–H and O–H groups in total. The minimum atomic E-state index is 0.154. The third-order valence-electron chi connectivity index (χ3n) is 7.79. The van der Waals surface area contributed by atoms with E-state index in [-0.39, 0.29) is 6.85 Å². The van der Waals surface area contributed by atoms with Crippen LogP contribution in [0.3, 0.4) is 0 Å². The zero-order valence-corrected chi connectivity index (χ0v) is 17.7. The van der Waals surface area contributed by atoms with Gasteiger partial charge in [-0.1, -0.05) is 72.8 Å². The van der Waals surface area contributed by atoms with Crippen molar-refractivity contribution >= 4 is 61.5 Å². The van der Waals surface area contributed by atoms with Gasteiger partial charge in [0.2, 0.25) is 0 Å². The topological polar surface area (TPSA) is 18.1 Å². The van der Waals surface area contributed by atoms with E-state index in [1.165, 1.54) is 65.8 Å². The van der Waals surface area contributed by atoms with E-state index in [1.54, 1.807) is 0 Å². The van der Waals surface area contributed by atoms with Crippen LogP contribution in [-0.4, -0.2) is 11.3 Å².